The highest BCUT2D eigenvalue weighted by molar-refractivity contribution is 6.05. The second-order valence-corrected chi connectivity index (χ2v) is 4.21. The van der Waals surface area contributed by atoms with Gasteiger partial charge in [-0.2, -0.15) is 0 Å². The number of carboxylic acids is 2. The van der Waals surface area contributed by atoms with Crippen molar-refractivity contribution in [2.45, 2.75) is 18.6 Å². The van der Waals surface area contributed by atoms with E-state index >= 15 is 0 Å². The Kier molecular flexibility index (Phi) is 3.57. The molecular weight excluding hydrogens is 252 g/mol. The van der Waals surface area contributed by atoms with Crippen LogP contribution in [-0.2, 0) is 9.59 Å². The Morgan fingerprint density at radius 3 is 2.58 bits per heavy atom. The molecule has 1 aliphatic heterocycles. The fourth-order valence-electron chi connectivity index (χ4n) is 2.05. The van der Waals surface area contributed by atoms with E-state index in [0.29, 0.717) is 5.69 Å². The summed E-state index contributed by atoms with van der Waals surface area (Å²) in [6.45, 7) is 0. The predicted octanol–water partition coefficient (Wildman–Crippen LogP) is -0.211. The van der Waals surface area contributed by atoms with Crippen molar-refractivity contribution < 1.29 is 24.9 Å². The van der Waals surface area contributed by atoms with Gasteiger partial charge in [-0.15, -0.1) is 0 Å². The Balaban J connectivity index is 2.37. The van der Waals surface area contributed by atoms with Crippen molar-refractivity contribution >= 4 is 17.7 Å². The van der Waals surface area contributed by atoms with Crippen molar-refractivity contribution in [3.05, 3.63) is 30.1 Å². The van der Waals surface area contributed by atoms with Crippen LogP contribution in [0.5, 0.6) is 0 Å². The van der Waals surface area contributed by atoms with Gasteiger partial charge in [-0.1, -0.05) is 6.07 Å². The maximum absolute atomic E-state index is 11.0. The second-order valence-electron chi connectivity index (χ2n) is 4.21. The summed E-state index contributed by atoms with van der Waals surface area (Å²) < 4.78 is 0. The number of carbonyl (C=O) groups is 2. The number of carboxylic acid groups (broad SMARTS) is 2. The summed E-state index contributed by atoms with van der Waals surface area (Å²) in [4.78, 5) is 29.8. The molecule has 0 amide bonds. The lowest BCUT2D eigenvalue weighted by molar-refractivity contribution is -0.149. The Morgan fingerprint density at radius 1 is 1.32 bits per heavy atom. The first kappa shape index (κ1) is 13.2. The number of rotatable bonds is 4. The van der Waals surface area contributed by atoms with E-state index in [1.54, 1.807) is 18.2 Å². The normalized spacial score (nSPS) is 23.7. The predicted molar refractivity (Wildman–Crippen MR) is 63.9 cm³/mol. The van der Waals surface area contributed by atoms with E-state index in [4.69, 9.17) is 10.2 Å². The smallest absolute Gasteiger partial charge is 0.333 e. The maximum Gasteiger partial charge on any atom is 0.333 e. The number of hydrogen-bond donors (Lipinski definition) is 3. The fraction of sp³-hybridized carbons (Fsp3) is 0.333. The standard InChI is InChI=1S/C12H12N2O5/c15-10(12(18)19)6-5-8(11(16)17)14-9(6)7-3-1-2-4-13-7/h1-4,6,8,10,15H,5H2,(H,16,17)(H,18,19)/t6-,8-,10-/m0/s1. The summed E-state index contributed by atoms with van der Waals surface area (Å²) in [6, 6.07) is 3.92. The van der Waals surface area contributed by atoms with Crippen molar-refractivity contribution in [3.63, 3.8) is 0 Å². The van der Waals surface area contributed by atoms with E-state index < -0.39 is 30.0 Å². The van der Waals surface area contributed by atoms with Gasteiger partial charge in [0, 0.05) is 12.1 Å². The third kappa shape index (κ3) is 2.60. The summed E-state index contributed by atoms with van der Waals surface area (Å²) in [5.41, 5.74) is 0.611. The van der Waals surface area contributed by atoms with Gasteiger partial charge in [0.15, 0.2) is 6.10 Å². The second kappa shape index (κ2) is 5.15. The Hall–Kier alpha value is -2.28. The van der Waals surface area contributed by atoms with Crippen LogP contribution in [0.1, 0.15) is 12.1 Å². The van der Waals surface area contributed by atoms with Crippen LogP contribution in [0.15, 0.2) is 29.4 Å². The largest absolute Gasteiger partial charge is 0.480 e. The SMILES string of the molecule is O=C(O)[C@@H]1C[C@H]([C@H](O)C(=O)O)C(c2ccccn2)=N1. The maximum atomic E-state index is 11.0. The molecule has 0 saturated heterocycles. The van der Waals surface area contributed by atoms with Crippen LogP contribution in [0.4, 0.5) is 0 Å². The molecule has 1 aliphatic rings. The zero-order valence-electron chi connectivity index (χ0n) is 9.80. The van der Waals surface area contributed by atoms with Crippen molar-refractivity contribution in [3.8, 4) is 0 Å². The molecule has 1 aromatic rings. The molecule has 0 bridgehead atoms. The lowest BCUT2D eigenvalue weighted by Crippen LogP contribution is -2.34. The molecule has 0 fully saturated rings. The lowest BCUT2D eigenvalue weighted by atomic mass is 9.91. The van der Waals surface area contributed by atoms with Gasteiger partial charge in [0.2, 0.25) is 0 Å². The highest BCUT2D eigenvalue weighted by Gasteiger charge is 2.40. The van der Waals surface area contributed by atoms with E-state index in [1.807, 2.05) is 0 Å². The van der Waals surface area contributed by atoms with Crippen molar-refractivity contribution in [1.29, 1.82) is 0 Å². The number of aromatic nitrogens is 1. The third-order valence-electron chi connectivity index (χ3n) is 2.97. The van der Waals surface area contributed by atoms with E-state index in [9.17, 15) is 14.7 Å². The highest BCUT2D eigenvalue weighted by Crippen LogP contribution is 2.27. The zero-order chi connectivity index (χ0) is 14.0. The van der Waals surface area contributed by atoms with Gasteiger partial charge >= 0.3 is 11.9 Å². The number of aliphatic carboxylic acids is 2. The minimum absolute atomic E-state index is 0.0469. The van der Waals surface area contributed by atoms with Crippen LogP contribution in [0.3, 0.4) is 0 Å². The van der Waals surface area contributed by atoms with Crippen LogP contribution >= 0.6 is 0 Å². The molecule has 0 radical (unpaired) electrons. The highest BCUT2D eigenvalue weighted by atomic mass is 16.4. The van der Waals surface area contributed by atoms with Gasteiger partial charge in [0.1, 0.15) is 6.04 Å². The molecule has 0 spiro atoms. The topological polar surface area (TPSA) is 120 Å². The fourth-order valence-corrected chi connectivity index (χ4v) is 2.05. The number of hydrogen-bond acceptors (Lipinski definition) is 5. The molecule has 0 aliphatic carbocycles. The summed E-state index contributed by atoms with van der Waals surface area (Å²) in [7, 11) is 0. The Morgan fingerprint density at radius 2 is 2.05 bits per heavy atom. The average Bonchev–Trinajstić information content (AvgIpc) is 2.83. The van der Waals surface area contributed by atoms with E-state index in [0.717, 1.165) is 0 Å². The van der Waals surface area contributed by atoms with Crippen LogP contribution in [0.2, 0.25) is 0 Å². The third-order valence-corrected chi connectivity index (χ3v) is 2.97. The molecule has 2 rings (SSSR count). The molecule has 7 heteroatoms. The van der Waals surface area contributed by atoms with Gasteiger partial charge in [0.05, 0.1) is 11.4 Å². The molecule has 7 nitrogen and oxygen atoms in total. The van der Waals surface area contributed by atoms with E-state index in [2.05, 4.69) is 9.98 Å². The van der Waals surface area contributed by atoms with Crippen LogP contribution < -0.4 is 0 Å². The van der Waals surface area contributed by atoms with Crippen LogP contribution in [0.25, 0.3) is 0 Å². The molecule has 100 valence electrons. The molecule has 2 heterocycles. The van der Waals surface area contributed by atoms with E-state index in [-0.39, 0.29) is 12.1 Å². The monoisotopic (exact) mass is 264 g/mol. The number of aliphatic hydroxyl groups is 1. The van der Waals surface area contributed by atoms with Gasteiger partial charge in [0.25, 0.3) is 0 Å². The lowest BCUT2D eigenvalue weighted by Gasteiger charge is -2.15. The van der Waals surface area contributed by atoms with Crippen LogP contribution in [-0.4, -0.2) is 50.1 Å². The Bertz CT molecular complexity index is 528. The number of aliphatic hydroxyl groups excluding tert-OH is 1. The first-order valence-electron chi connectivity index (χ1n) is 5.63. The summed E-state index contributed by atoms with van der Waals surface area (Å²) >= 11 is 0. The summed E-state index contributed by atoms with van der Waals surface area (Å²) in [6.07, 6.45) is -0.240. The molecular formula is C12H12N2O5. The molecule has 3 atom stereocenters. The summed E-state index contributed by atoms with van der Waals surface area (Å²) in [5.74, 6) is -3.42. The average molecular weight is 264 g/mol. The molecule has 0 saturated carbocycles. The van der Waals surface area contributed by atoms with Gasteiger partial charge < -0.3 is 15.3 Å². The molecule has 19 heavy (non-hydrogen) atoms. The van der Waals surface area contributed by atoms with Crippen molar-refractivity contribution in [2.24, 2.45) is 10.9 Å². The Labute approximate surface area is 108 Å². The minimum atomic E-state index is -1.69. The zero-order valence-corrected chi connectivity index (χ0v) is 9.80. The van der Waals surface area contributed by atoms with Crippen molar-refractivity contribution in [2.75, 3.05) is 0 Å². The molecule has 0 aromatic carbocycles. The van der Waals surface area contributed by atoms with Crippen molar-refractivity contribution in [1.82, 2.24) is 4.98 Å². The van der Waals surface area contributed by atoms with Gasteiger partial charge in [-0.05, 0) is 18.6 Å². The molecule has 1 aromatic heterocycles. The van der Waals surface area contributed by atoms with E-state index in [1.165, 1.54) is 6.20 Å². The first-order valence-corrected chi connectivity index (χ1v) is 5.63. The summed E-state index contributed by atoms with van der Waals surface area (Å²) in [5, 5.41) is 27.5. The molecule has 3 N–H and O–H groups in total. The quantitative estimate of drug-likeness (QED) is 0.692. The van der Waals surface area contributed by atoms with Gasteiger partial charge in [-0.25, -0.2) is 9.59 Å². The number of aliphatic imine (C=N–C) groups is 1. The minimum Gasteiger partial charge on any atom is -0.480 e. The van der Waals surface area contributed by atoms with Crippen LogP contribution in [0, 0.1) is 5.92 Å². The molecule has 0 unspecified atom stereocenters. The van der Waals surface area contributed by atoms with Gasteiger partial charge in [-0.3, -0.25) is 9.98 Å². The number of nitrogens with zero attached hydrogens (tertiary/aromatic N) is 2. The number of pyridine rings is 1. The first-order chi connectivity index (χ1) is 9.00.